The van der Waals surface area contributed by atoms with Gasteiger partial charge in [-0.15, -0.1) is 0 Å². The third-order valence-electron chi connectivity index (χ3n) is 1.35. The number of halogens is 2. The van der Waals surface area contributed by atoms with Gasteiger partial charge in [-0.25, -0.2) is 8.42 Å². The third-order valence-corrected chi connectivity index (χ3v) is 2.07. The van der Waals surface area contributed by atoms with Gasteiger partial charge in [0.05, 0.1) is 0 Å². The highest BCUT2D eigenvalue weighted by atomic mass is 32.2. The van der Waals surface area contributed by atoms with Gasteiger partial charge in [0.25, 0.3) is 0 Å². The minimum atomic E-state index is -3.75. The van der Waals surface area contributed by atoms with Gasteiger partial charge in [-0.1, -0.05) is 30.3 Å². The van der Waals surface area contributed by atoms with Crippen LogP contribution in [0.4, 0.5) is 8.78 Å². The fourth-order valence-electron chi connectivity index (χ4n) is 0.744. The lowest BCUT2D eigenvalue weighted by Crippen LogP contribution is -2.14. The first-order valence-corrected chi connectivity index (χ1v) is 4.30. The Hall–Kier alpha value is -0.970. The minimum Gasteiger partial charge on any atom is -0.225 e. The predicted molar refractivity (Wildman–Crippen MR) is 40.7 cm³/mol. The number of alkyl halides is 2. The van der Waals surface area contributed by atoms with Crippen LogP contribution in [0.15, 0.2) is 30.3 Å². The van der Waals surface area contributed by atoms with Gasteiger partial charge < -0.3 is 0 Å². The summed E-state index contributed by atoms with van der Waals surface area (Å²) in [6.45, 7) is 0. The van der Waals surface area contributed by atoms with Crippen LogP contribution >= 0.6 is 0 Å². The third kappa shape index (κ3) is 1.61. The van der Waals surface area contributed by atoms with Crippen LogP contribution in [0.5, 0.6) is 0 Å². The Morgan fingerprint density at radius 3 is 2.00 bits per heavy atom. The van der Waals surface area contributed by atoms with Gasteiger partial charge in [0.15, 0.2) is 0 Å². The summed E-state index contributed by atoms with van der Waals surface area (Å²) < 4.78 is 45.6. The van der Waals surface area contributed by atoms with Crippen LogP contribution in [0.3, 0.4) is 0 Å². The zero-order valence-electron chi connectivity index (χ0n) is 5.91. The molecule has 0 aliphatic rings. The smallest absolute Gasteiger partial charge is 0.225 e. The van der Waals surface area contributed by atoms with Crippen LogP contribution in [-0.2, 0) is 16.0 Å². The second-order valence-corrected chi connectivity index (χ2v) is 3.24. The number of benzene rings is 1. The van der Waals surface area contributed by atoms with Crippen molar-refractivity contribution in [2.24, 2.45) is 0 Å². The Bertz CT molecular complexity index is 325. The molecule has 0 atom stereocenters. The largest absolute Gasteiger partial charge is 0.368 e. The van der Waals surface area contributed by atoms with E-state index in [1.165, 1.54) is 18.2 Å². The Balaban J connectivity index is 3.15. The van der Waals surface area contributed by atoms with Crippen molar-refractivity contribution in [3.05, 3.63) is 35.9 Å². The Kier molecular flexibility index (Phi) is 2.42. The zero-order chi connectivity index (χ0) is 9.19. The summed E-state index contributed by atoms with van der Waals surface area (Å²) in [5.74, 6) is 0. The molecule has 1 rings (SSSR count). The lowest BCUT2D eigenvalue weighted by Gasteiger charge is -2.07. The summed E-state index contributed by atoms with van der Waals surface area (Å²) in [5.41, 5.74) is -0.499. The summed E-state index contributed by atoms with van der Waals surface area (Å²) in [6.07, 6.45) is 0. The van der Waals surface area contributed by atoms with E-state index in [1.807, 2.05) is 0 Å². The molecule has 0 aromatic heterocycles. The molecule has 12 heavy (non-hydrogen) atoms. The molecule has 1 aromatic carbocycles. The monoisotopic (exact) mass is 192 g/mol. The standard InChI is InChI=1S/C7H6F2O2S/c8-7(9,12(10)11)6-4-2-1-3-5-6/h1-5,12H. The highest BCUT2D eigenvalue weighted by Gasteiger charge is 2.35. The van der Waals surface area contributed by atoms with Crippen molar-refractivity contribution in [3.8, 4) is 0 Å². The van der Waals surface area contributed by atoms with Gasteiger partial charge in [-0.3, -0.25) is 0 Å². The molecule has 0 bridgehead atoms. The van der Waals surface area contributed by atoms with Gasteiger partial charge in [-0.05, 0) is 0 Å². The molecular formula is C7H6F2O2S. The lowest BCUT2D eigenvalue weighted by atomic mass is 10.2. The summed E-state index contributed by atoms with van der Waals surface area (Å²) in [4.78, 5) is 0. The molecule has 0 amide bonds. The number of thiol groups is 1. The van der Waals surface area contributed by atoms with Crippen molar-refractivity contribution < 1.29 is 17.2 Å². The SMILES string of the molecule is O=[SH](=O)C(F)(F)c1ccccc1. The first kappa shape index (κ1) is 9.12. The molecule has 0 saturated carbocycles. The predicted octanol–water partition coefficient (Wildman–Crippen LogP) is 1.35. The van der Waals surface area contributed by atoms with Gasteiger partial charge >= 0.3 is 5.25 Å². The molecule has 0 saturated heterocycles. The molecule has 1 aromatic rings. The molecule has 0 radical (unpaired) electrons. The van der Waals surface area contributed by atoms with Gasteiger partial charge in [-0.2, -0.15) is 8.78 Å². The zero-order valence-corrected chi connectivity index (χ0v) is 6.80. The molecule has 5 heteroatoms. The van der Waals surface area contributed by atoms with Crippen LogP contribution in [-0.4, -0.2) is 8.42 Å². The molecule has 2 nitrogen and oxygen atoms in total. The first-order valence-electron chi connectivity index (χ1n) is 3.13. The highest BCUT2D eigenvalue weighted by molar-refractivity contribution is 7.73. The summed E-state index contributed by atoms with van der Waals surface area (Å²) in [5, 5.41) is -3.75. The summed E-state index contributed by atoms with van der Waals surface area (Å²) >= 11 is 0. The summed E-state index contributed by atoms with van der Waals surface area (Å²) in [6, 6.07) is 6.41. The highest BCUT2D eigenvalue weighted by Crippen LogP contribution is 2.27. The fraction of sp³-hybridized carbons (Fsp3) is 0.143. The first-order chi connectivity index (χ1) is 5.55. The molecule has 0 fully saturated rings. The van der Waals surface area contributed by atoms with E-state index in [1.54, 1.807) is 0 Å². The van der Waals surface area contributed by atoms with E-state index in [4.69, 9.17) is 0 Å². The van der Waals surface area contributed by atoms with Crippen molar-refractivity contribution in [3.63, 3.8) is 0 Å². The second kappa shape index (κ2) is 3.18. The normalized spacial score (nSPS) is 11.9. The van der Waals surface area contributed by atoms with Gasteiger partial charge in [0.1, 0.15) is 0 Å². The molecule has 0 aliphatic carbocycles. The topological polar surface area (TPSA) is 34.1 Å². The lowest BCUT2D eigenvalue weighted by molar-refractivity contribution is 0.0953. The van der Waals surface area contributed by atoms with E-state index in [2.05, 4.69) is 0 Å². The number of hydrogen-bond donors (Lipinski definition) is 1. The van der Waals surface area contributed by atoms with E-state index in [9.17, 15) is 17.2 Å². The Morgan fingerprint density at radius 2 is 1.58 bits per heavy atom. The quantitative estimate of drug-likeness (QED) is 0.717. The van der Waals surface area contributed by atoms with E-state index >= 15 is 0 Å². The average molecular weight is 192 g/mol. The van der Waals surface area contributed by atoms with Gasteiger partial charge in [0, 0.05) is 5.56 Å². The number of rotatable bonds is 2. The minimum absolute atomic E-state index is 0.499. The van der Waals surface area contributed by atoms with Crippen LogP contribution < -0.4 is 0 Å². The van der Waals surface area contributed by atoms with Crippen LogP contribution in [0.1, 0.15) is 5.56 Å². The van der Waals surface area contributed by atoms with E-state index in [0.29, 0.717) is 0 Å². The molecule has 0 N–H and O–H groups in total. The maximum Gasteiger partial charge on any atom is 0.368 e. The summed E-state index contributed by atoms with van der Waals surface area (Å²) in [7, 11) is -3.75. The van der Waals surface area contributed by atoms with Crippen molar-refractivity contribution in [1.82, 2.24) is 0 Å². The van der Waals surface area contributed by atoms with Crippen LogP contribution in [0.2, 0.25) is 0 Å². The average Bonchev–Trinajstić information content (AvgIpc) is 2.06. The molecule has 0 spiro atoms. The maximum atomic E-state index is 12.7. The van der Waals surface area contributed by atoms with Crippen molar-refractivity contribution in [2.45, 2.75) is 5.25 Å². The maximum absolute atomic E-state index is 12.7. The van der Waals surface area contributed by atoms with Crippen molar-refractivity contribution in [2.75, 3.05) is 0 Å². The van der Waals surface area contributed by atoms with E-state index < -0.39 is 21.5 Å². The fourth-order valence-corrected chi connectivity index (χ4v) is 1.10. The Labute approximate surface area is 69.8 Å². The molecule has 0 unspecified atom stereocenters. The van der Waals surface area contributed by atoms with Crippen molar-refractivity contribution >= 4 is 10.7 Å². The molecule has 0 heterocycles. The molecule has 0 aliphatic heterocycles. The van der Waals surface area contributed by atoms with Crippen molar-refractivity contribution in [1.29, 1.82) is 0 Å². The van der Waals surface area contributed by atoms with Crippen LogP contribution in [0, 0.1) is 0 Å². The second-order valence-electron chi connectivity index (χ2n) is 2.16. The Morgan fingerprint density at radius 1 is 1.08 bits per heavy atom. The van der Waals surface area contributed by atoms with Gasteiger partial charge in [0.2, 0.25) is 10.7 Å². The van der Waals surface area contributed by atoms with E-state index in [0.717, 1.165) is 12.1 Å². The van der Waals surface area contributed by atoms with E-state index in [-0.39, 0.29) is 0 Å². The number of hydrogen-bond acceptors (Lipinski definition) is 2. The van der Waals surface area contributed by atoms with Crippen LogP contribution in [0.25, 0.3) is 0 Å². The molecule has 66 valence electrons. The molecular weight excluding hydrogens is 186 g/mol.